The summed E-state index contributed by atoms with van der Waals surface area (Å²) in [5, 5.41) is 8.86. The minimum atomic E-state index is -0.740. The van der Waals surface area contributed by atoms with Gasteiger partial charge < -0.3 is 10.0 Å². The van der Waals surface area contributed by atoms with Crippen molar-refractivity contribution in [3.05, 3.63) is 34.3 Å². The zero-order chi connectivity index (χ0) is 13.8. The van der Waals surface area contributed by atoms with Gasteiger partial charge in [0.15, 0.2) is 0 Å². The molecular weight excluding hydrogens is 294 g/mol. The fourth-order valence-corrected chi connectivity index (χ4v) is 2.65. The summed E-state index contributed by atoms with van der Waals surface area (Å²) in [7, 11) is 2.02. The van der Waals surface area contributed by atoms with Gasteiger partial charge in [0, 0.05) is 17.6 Å². The third-order valence-corrected chi connectivity index (χ3v) is 3.16. The molecular formula is C14H20BrNO2. The first-order valence-corrected chi connectivity index (χ1v) is 6.72. The summed E-state index contributed by atoms with van der Waals surface area (Å²) >= 11 is 3.45. The first-order valence-electron chi connectivity index (χ1n) is 5.93. The fraction of sp³-hybridized carbons (Fsp3) is 0.500. The van der Waals surface area contributed by atoms with Gasteiger partial charge in [0.05, 0.1) is 6.42 Å². The quantitative estimate of drug-likeness (QED) is 0.875. The van der Waals surface area contributed by atoms with Crippen molar-refractivity contribution in [3.8, 4) is 0 Å². The van der Waals surface area contributed by atoms with Crippen LogP contribution in [0.2, 0.25) is 0 Å². The molecule has 0 aromatic heterocycles. The average Bonchev–Trinajstić information content (AvgIpc) is 2.13. The summed E-state index contributed by atoms with van der Waals surface area (Å²) in [5.74, 6) is -0.740. The number of nitrogens with zero attached hydrogens (tertiary/aromatic N) is 1. The van der Waals surface area contributed by atoms with E-state index in [1.165, 1.54) is 5.56 Å². The molecule has 0 unspecified atom stereocenters. The van der Waals surface area contributed by atoms with Gasteiger partial charge in [-0.2, -0.15) is 0 Å². The van der Waals surface area contributed by atoms with Crippen LogP contribution in [0, 0.1) is 5.41 Å². The molecule has 1 aromatic carbocycles. The van der Waals surface area contributed by atoms with Crippen LogP contribution in [0.25, 0.3) is 0 Å². The molecule has 100 valence electrons. The lowest BCUT2D eigenvalue weighted by Gasteiger charge is -2.29. The van der Waals surface area contributed by atoms with Crippen LogP contribution in [0.15, 0.2) is 28.7 Å². The Labute approximate surface area is 117 Å². The Kier molecular flexibility index (Phi) is 5.35. The van der Waals surface area contributed by atoms with E-state index < -0.39 is 5.97 Å². The topological polar surface area (TPSA) is 40.5 Å². The molecule has 0 heterocycles. The van der Waals surface area contributed by atoms with Gasteiger partial charge in [-0.1, -0.05) is 41.9 Å². The second-order valence-electron chi connectivity index (χ2n) is 5.54. The number of carbonyl (C=O) groups is 1. The molecule has 0 bridgehead atoms. The second kappa shape index (κ2) is 6.34. The number of hydrogen-bond acceptors (Lipinski definition) is 2. The van der Waals surface area contributed by atoms with Gasteiger partial charge in [-0.25, -0.2) is 0 Å². The van der Waals surface area contributed by atoms with E-state index in [2.05, 4.69) is 33.0 Å². The standard InChI is InChI=1S/C14H20BrNO2/c1-14(2,8-13(17)18)10-16(3)9-11-5-4-6-12(15)7-11/h4-7H,8-10H2,1-3H3,(H,17,18). The monoisotopic (exact) mass is 313 g/mol. The summed E-state index contributed by atoms with van der Waals surface area (Å²) in [6.07, 6.45) is 0.190. The Morgan fingerprint density at radius 1 is 1.44 bits per heavy atom. The lowest BCUT2D eigenvalue weighted by molar-refractivity contribution is -0.139. The van der Waals surface area contributed by atoms with E-state index in [0.29, 0.717) is 0 Å². The Morgan fingerprint density at radius 2 is 2.11 bits per heavy atom. The van der Waals surface area contributed by atoms with E-state index in [1.54, 1.807) is 0 Å². The zero-order valence-electron chi connectivity index (χ0n) is 11.1. The van der Waals surface area contributed by atoms with Gasteiger partial charge >= 0.3 is 5.97 Å². The van der Waals surface area contributed by atoms with Gasteiger partial charge in [0.25, 0.3) is 0 Å². The average molecular weight is 314 g/mol. The molecule has 0 radical (unpaired) electrons. The highest BCUT2D eigenvalue weighted by Gasteiger charge is 2.23. The maximum atomic E-state index is 10.8. The summed E-state index contributed by atoms with van der Waals surface area (Å²) < 4.78 is 1.07. The number of carboxylic acids is 1. The van der Waals surface area contributed by atoms with Crippen molar-refractivity contribution in [2.75, 3.05) is 13.6 Å². The summed E-state index contributed by atoms with van der Waals surface area (Å²) in [4.78, 5) is 12.9. The normalized spacial score (nSPS) is 11.8. The lowest BCUT2D eigenvalue weighted by atomic mass is 9.89. The molecule has 1 N–H and O–H groups in total. The van der Waals surface area contributed by atoms with Crippen LogP contribution < -0.4 is 0 Å². The highest BCUT2D eigenvalue weighted by atomic mass is 79.9. The van der Waals surface area contributed by atoms with Crippen LogP contribution in [0.1, 0.15) is 25.8 Å². The van der Waals surface area contributed by atoms with Crippen LogP contribution in [-0.2, 0) is 11.3 Å². The van der Waals surface area contributed by atoms with Crippen LogP contribution in [-0.4, -0.2) is 29.6 Å². The molecule has 0 aliphatic carbocycles. The van der Waals surface area contributed by atoms with E-state index >= 15 is 0 Å². The molecule has 0 atom stereocenters. The van der Waals surface area contributed by atoms with E-state index in [1.807, 2.05) is 33.0 Å². The van der Waals surface area contributed by atoms with Crippen molar-refractivity contribution in [2.45, 2.75) is 26.8 Å². The van der Waals surface area contributed by atoms with Crippen molar-refractivity contribution in [1.82, 2.24) is 4.90 Å². The molecule has 1 aromatic rings. The highest BCUT2D eigenvalue weighted by molar-refractivity contribution is 9.10. The molecule has 0 aliphatic rings. The number of carboxylic acid groups (broad SMARTS) is 1. The molecule has 0 spiro atoms. The van der Waals surface area contributed by atoms with Crippen molar-refractivity contribution < 1.29 is 9.90 Å². The smallest absolute Gasteiger partial charge is 0.303 e. The molecule has 0 saturated heterocycles. The summed E-state index contributed by atoms with van der Waals surface area (Å²) in [5.41, 5.74) is 1.00. The summed E-state index contributed by atoms with van der Waals surface area (Å²) in [6.45, 7) is 5.55. The van der Waals surface area contributed by atoms with Gasteiger partial charge in [0.1, 0.15) is 0 Å². The first-order chi connectivity index (χ1) is 8.28. The van der Waals surface area contributed by atoms with E-state index in [-0.39, 0.29) is 11.8 Å². The van der Waals surface area contributed by atoms with Gasteiger partial charge in [0.2, 0.25) is 0 Å². The van der Waals surface area contributed by atoms with Crippen molar-refractivity contribution in [3.63, 3.8) is 0 Å². The minimum Gasteiger partial charge on any atom is -0.481 e. The summed E-state index contributed by atoms with van der Waals surface area (Å²) in [6, 6.07) is 8.17. The predicted octanol–water partition coefficient (Wildman–Crippen LogP) is 3.38. The predicted molar refractivity (Wildman–Crippen MR) is 76.5 cm³/mol. The van der Waals surface area contributed by atoms with Crippen LogP contribution in [0.5, 0.6) is 0 Å². The largest absolute Gasteiger partial charge is 0.481 e. The maximum absolute atomic E-state index is 10.8. The molecule has 0 saturated carbocycles. The van der Waals surface area contributed by atoms with Crippen molar-refractivity contribution >= 4 is 21.9 Å². The first kappa shape index (κ1) is 15.2. The van der Waals surface area contributed by atoms with Crippen LogP contribution in [0.3, 0.4) is 0 Å². The third-order valence-electron chi connectivity index (χ3n) is 2.67. The minimum absolute atomic E-state index is 0.190. The Balaban J connectivity index is 2.56. The van der Waals surface area contributed by atoms with Crippen LogP contribution >= 0.6 is 15.9 Å². The van der Waals surface area contributed by atoms with Crippen molar-refractivity contribution in [1.29, 1.82) is 0 Å². The van der Waals surface area contributed by atoms with Crippen molar-refractivity contribution in [2.24, 2.45) is 5.41 Å². The molecule has 0 aliphatic heterocycles. The number of hydrogen-bond donors (Lipinski definition) is 1. The molecule has 1 rings (SSSR count). The second-order valence-corrected chi connectivity index (χ2v) is 6.45. The Hall–Kier alpha value is -0.870. The van der Waals surface area contributed by atoms with Gasteiger partial charge in [-0.05, 0) is 30.2 Å². The number of aliphatic carboxylic acids is 1. The molecule has 18 heavy (non-hydrogen) atoms. The third kappa shape index (κ3) is 5.65. The number of rotatable bonds is 6. The molecule has 0 amide bonds. The fourth-order valence-electron chi connectivity index (χ4n) is 2.20. The highest BCUT2D eigenvalue weighted by Crippen LogP contribution is 2.22. The molecule has 3 nitrogen and oxygen atoms in total. The molecule has 4 heteroatoms. The van der Waals surface area contributed by atoms with Crippen LogP contribution in [0.4, 0.5) is 0 Å². The maximum Gasteiger partial charge on any atom is 0.303 e. The number of benzene rings is 1. The zero-order valence-corrected chi connectivity index (χ0v) is 12.7. The lowest BCUT2D eigenvalue weighted by Crippen LogP contribution is -2.32. The number of halogens is 1. The van der Waals surface area contributed by atoms with Gasteiger partial charge in [-0.3, -0.25) is 4.79 Å². The van der Waals surface area contributed by atoms with E-state index in [0.717, 1.165) is 17.6 Å². The van der Waals surface area contributed by atoms with Gasteiger partial charge in [-0.15, -0.1) is 0 Å². The van der Waals surface area contributed by atoms with E-state index in [4.69, 9.17) is 5.11 Å². The molecule has 0 fully saturated rings. The Morgan fingerprint density at radius 3 is 2.67 bits per heavy atom. The Bertz CT molecular complexity index is 418. The SMILES string of the molecule is CN(Cc1cccc(Br)c1)CC(C)(C)CC(=O)O. The van der Waals surface area contributed by atoms with E-state index in [9.17, 15) is 4.79 Å².